The van der Waals surface area contributed by atoms with E-state index in [9.17, 15) is 9.00 Å². The molecule has 0 aromatic rings. The number of hydrogen-bond donors (Lipinski definition) is 2. The zero-order chi connectivity index (χ0) is 6.57. The topological polar surface area (TPSA) is 80.4 Å². The van der Waals surface area contributed by atoms with E-state index in [4.69, 9.17) is 10.2 Å². The second-order valence-corrected chi connectivity index (χ2v) is 2.40. The third kappa shape index (κ3) is 5.58. The fourth-order valence-electron chi connectivity index (χ4n) is 0.188. The van der Waals surface area contributed by atoms with Crippen molar-refractivity contribution in [3.05, 3.63) is 0 Å². The van der Waals surface area contributed by atoms with Crippen LogP contribution in [-0.4, -0.2) is 21.0 Å². The van der Waals surface area contributed by atoms with Gasteiger partial charge in [0.05, 0.1) is 17.4 Å². The van der Waals surface area contributed by atoms with E-state index in [2.05, 4.69) is 0 Å². The molecule has 0 radical (unpaired) electrons. The van der Waals surface area contributed by atoms with Crippen LogP contribution < -0.4 is 5.14 Å². The van der Waals surface area contributed by atoms with E-state index in [0.717, 1.165) is 0 Å². The molecular formula is C3H7NO3S. The molecule has 1 unspecified atom stereocenters. The van der Waals surface area contributed by atoms with Crippen molar-refractivity contribution >= 4 is 17.0 Å². The molecule has 0 saturated carbocycles. The predicted octanol–water partition coefficient (Wildman–Crippen LogP) is -0.917. The molecule has 5 heteroatoms. The van der Waals surface area contributed by atoms with E-state index < -0.39 is 17.0 Å². The van der Waals surface area contributed by atoms with E-state index >= 15 is 0 Å². The van der Waals surface area contributed by atoms with Gasteiger partial charge in [-0.3, -0.25) is 9.93 Å². The second kappa shape index (κ2) is 3.57. The summed E-state index contributed by atoms with van der Waals surface area (Å²) in [5.74, 6) is -0.932. The van der Waals surface area contributed by atoms with Gasteiger partial charge in [-0.15, -0.1) is 0 Å². The van der Waals surface area contributed by atoms with Gasteiger partial charge in [-0.05, 0) is 0 Å². The zero-order valence-corrected chi connectivity index (χ0v) is 4.98. The Bertz CT molecular complexity index is 99.1. The first-order valence-corrected chi connectivity index (χ1v) is 3.35. The molecule has 4 nitrogen and oxygen atoms in total. The number of carboxylic acids is 1. The van der Waals surface area contributed by atoms with Crippen LogP contribution >= 0.6 is 0 Å². The normalized spacial score (nSPS) is 13.1. The zero-order valence-electron chi connectivity index (χ0n) is 4.16. The Morgan fingerprint density at radius 3 is 2.38 bits per heavy atom. The van der Waals surface area contributed by atoms with Crippen molar-refractivity contribution in [1.29, 1.82) is 0 Å². The van der Waals surface area contributed by atoms with Crippen molar-refractivity contribution in [3.63, 3.8) is 0 Å². The van der Waals surface area contributed by atoms with Crippen molar-refractivity contribution < 1.29 is 14.1 Å². The smallest absolute Gasteiger partial charge is 0.304 e. The van der Waals surface area contributed by atoms with Crippen molar-refractivity contribution in [3.8, 4) is 0 Å². The van der Waals surface area contributed by atoms with Gasteiger partial charge in [-0.1, -0.05) is 0 Å². The number of rotatable bonds is 3. The van der Waals surface area contributed by atoms with Gasteiger partial charge < -0.3 is 5.11 Å². The quantitative estimate of drug-likeness (QED) is 0.528. The number of hydrogen-bond acceptors (Lipinski definition) is 2. The summed E-state index contributed by atoms with van der Waals surface area (Å²) in [5.41, 5.74) is 0. The summed E-state index contributed by atoms with van der Waals surface area (Å²) in [7, 11) is -1.47. The van der Waals surface area contributed by atoms with E-state index in [1.54, 1.807) is 0 Å². The highest BCUT2D eigenvalue weighted by Crippen LogP contribution is 1.78. The number of aliphatic carboxylic acids is 1. The van der Waals surface area contributed by atoms with Crippen LogP contribution in [0, 0.1) is 0 Å². The van der Waals surface area contributed by atoms with Gasteiger partial charge in [-0.25, -0.2) is 4.21 Å². The summed E-state index contributed by atoms with van der Waals surface area (Å²) in [4.78, 5) is 9.71. The van der Waals surface area contributed by atoms with Crippen LogP contribution in [0.3, 0.4) is 0 Å². The average Bonchev–Trinajstić information content (AvgIpc) is 1.61. The highest BCUT2D eigenvalue weighted by molar-refractivity contribution is 7.82. The minimum atomic E-state index is -1.47. The van der Waals surface area contributed by atoms with Crippen LogP contribution in [0.1, 0.15) is 6.42 Å². The highest BCUT2D eigenvalue weighted by atomic mass is 32.2. The van der Waals surface area contributed by atoms with E-state index in [-0.39, 0.29) is 12.2 Å². The summed E-state index contributed by atoms with van der Waals surface area (Å²) < 4.78 is 9.97. The van der Waals surface area contributed by atoms with Gasteiger partial charge in [0.25, 0.3) is 0 Å². The summed E-state index contributed by atoms with van der Waals surface area (Å²) in [6.45, 7) is 0. The number of nitrogens with two attached hydrogens (primary N) is 1. The minimum absolute atomic E-state index is 0.0370. The van der Waals surface area contributed by atoms with Crippen molar-refractivity contribution in [2.45, 2.75) is 6.42 Å². The van der Waals surface area contributed by atoms with E-state index in [1.165, 1.54) is 0 Å². The van der Waals surface area contributed by atoms with Crippen molar-refractivity contribution in [2.24, 2.45) is 5.14 Å². The molecule has 1 atom stereocenters. The Balaban J connectivity index is 3.18. The third-order valence-electron chi connectivity index (χ3n) is 0.517. The van der Waals surface area contributed by atoms with Crippen molar-refractivity contribution in [2.75, 3.05) is 5.75 Å². The van der Waals surface area contributed by atoms with Gasteiger partial charge in [0.2, 0.25) is 0 Å². The molecule has 0 aliphatic heterocycles. The highest BCUT2D eigenvalue weighted by Gasteiger charge is 1.97. The molecular weight excluding hydrogens is 130 g/mol. The molecule has 0 spiro atoms. The SMILES string of the molecule is NS(=O)CCC(=O)O. The number of carboxylic acid groups (broad SMARTS) is 1. The summed E-state index contributed by atoms with van der Waals surface area (Å²) in [5, 5.41) is 12.7. The molecule has 0 aliphatic rings. The maximum atomic E-state index is 9.97. The molecule has 0 heterocycles. The lowest BCUT2D eigenvalue weighted by molar-refractivity contribution is -0.136. The molecule has 3 N–H and O–H groups in total. The van der Waals surface area contributed by atoms with Crippen LogP contribution in [-0.2, 0) is 15.8 Å². The Labute approximate surface area is 49.3 Å². The van der Waals surface area contributed by atoms with E-state index in [0.29, 0.717) is 0 Å². The monoisotopic (exact) mass is 137 g/mol. The molecule has 0 fully saturated rings. The van der Waals surface area contributed by atoms with Crippen LogP contribution in [0.2, 0.25) is 0 Å². The lowest BCUT2D eigenvalue weighted by atomic mass is 10.5. The third-order valence-corrected chi connectivity index (χ3v) is 1.12. The molecule has 0 aliphatic carbocycles. The predicted molar refractivity (Wildman–Crippen MR) is 29.4 cm³/mol. The summed E-state index contributed by atoms with van der Waals surface area (Å²) >= 11 is 0. The Hall–Kier alpha value is -0.420. The maximum Gasteiger partial charge on any atom is 0.304 e. The number of carbonyl (C=O) groups is 1. The minimum Gasteiger partial charge on any atom is -0.481 e. The molecule has 0 aromatic carbocycles. The molecule has 0 amide bonds. The van der Waals surface area contributed by atoms with Crippen LogP contribution in [0.5, 0.6) is 0 Å². The molecule has 8 heavy (non-hydrogen) atoms. The van der Waals surface area contributed by atoms with Crippen LogP contribution in [0.25, 0.3) is 0 Å². The molecule has 0 aromatic heterocycles. The summed E-state index contributed by atoms with van der Waals surface area (Å²) in [6.07, 6.45) is -0.122. The largest absolute Gasteiger partial charge is 0.481 e. The Kier molecular flexibility index (Phi) is 3.38. The second-order valence-electron chi connectivity index (χ2n) is 1.23. The van der Waals surface area contributed by atoms with Gasteiger partial charge >= 0.3 is 5.97 Å². The standard InChI is InChI=1S/C3H7NO3S/c4-8(7)2-1-3(5)6/h1-2,4H2,(H,5,6). The fourth-order valence-corrected chi connectivity index (χ4v) is 0.564. The van der Waals surface area contributed by atoms with Crippen LogP contribution in [0.4, 0.5) is 0 Å². The Morgan fingerprint density at radius 1 is 1.75 bits per heavy atom. The van der Waals surface area contributed by atoms with Crippen LogP contribution in [0.15, 0.2) is 0 Å². The Morgan fingerprint density at radius 2 is 2.25 bits per heavy atom. The van der Waals surface area contributed by atoms with Gasteiger partial charge in [0.1, 0.15) is 0 Å². The maximum absolute atomic E-state index is 9.97. The fraction of sp³-hybridized carbons (Fsp3) is 0.667. The molecule has 0 rings (SSSR count). The lowest BCUT2D eigenvalue weighted by Gasteiger charge is -1.87. The van der Waals surface area contributed by atoms with Crippen molar-refractivity contribution in [1.82, 2.24) is 0 Å². The summed E-state index contributed by atoms with van der Waals surface area (Å²) in [6, 6.07) is 0. The van der Waals surface area contributed by atoms with Gasteiger partial charge in [0.15, 0.2) is 0 Å². The van der Waals surface area contributed by atoms with Gasteiger partial charge in [0, 0.05) is 5.75 Å². The first-order chi connectivity index (χ1) is 3.63. The molecule has 0 bridgehead atoms. The first kappa shape index (κ1) is 7.58. The first-order valence-electron chi connectivity index (χ1n) is 1.97. The average molecular weight is 137 g/mol. The molecule has 0 saturated heterocycles. The van der Waals surface area contributed by atoms with Gasteiger partial charge in [-0.2, -0.15) is 0 Å². The molecule has 48 valence electrons. The van der Waals surface area contributed by atoms with E-state index in [1.807, 2.05) is 0 Å². The lowest BCUT2D eigenvalue weighted by Crippen LogP contribution is -2.10.